The average molecular weight is 389 g/mol. The van der Waals surface area contributed by atoms with Crippen LogP contribution in [0.15, 0.2) is 60.8 Å². The van der Waals surface area contributed by atoms with Gasteiger partial charge in [-0.1, -0.05) is 36.4 Å². The summed E-state index contributed by atoms with van der Waals surface area (Å²) in [6.45, 7) is 11.7. The van der Waals surface area contributed by atoms with E-state index in [-0.39, 0.29) is 5.78 Å². The largest absolute Gasteiger partial charge is 0.316 e. The molecule has 0 radical (unpaired) electrons. The van der Waals surface area contributed by atoms with Gasteiger partial charge in [-0.2, -0.15) is 0 Å². The summed E-state index contributed by atoms with van der Waals surface area (Å²) in [5.41, 5.74) is 4.78. The number of carbonyl (C=O) groups excluding carboxylic acids is 1. The molecule has 3 aromatic rings. The van der Waals surface area contributed by atoms with E-state index in [4.69, 9.17) is 0 Å². The molecule has 0 aliphatic rings. The Hall–Kier alpha value is -2.65. The maximum absolute atomic E-state index is 11.2. The second kappa shape index (κ2) is 9.23. The van der Waals surface area contributed by atoms with Gasteiger partial charge in [-0.3, -0.25) is 9.69 Å². The lowest BCUT2D eigenvalue weighted by Gasteiger charge is -2.30. The number of fused-ring (bicyclic) bond motifs is 1. The molecule has 0 saturated carbocycles. The molecule has 2 aromatic carbocycles. The smallest absolute Gasteiger partial charge is 0.152 e. The van der Waals surface area contributed by atoms with Crippen molar-refractivity contribution in [3.8, 4) is 5.69 Å². The van der Waals surface area contributed by atoms with Crippen molar-refractivity contribution < 1.29 is 4.79 Å². The van der Waals surface area contributed by atoms with Crippen LogP contribution in [-0.2, 0) is 11.2 Å². The Labute approximate surface area is 174 Å². The number of rotatable bonds is 8. The van der Waals surface area contributed by atoms with Crippen molar-refractivity contribution >= 4 is 22.8 Å². The zero-order chi connectivity index (χ0) is 21.0. The Morgan fingerprint density at radius 3 is 2.28 bits per heavy atom. The van der Waals surface area contributed by atoms with Crippen LogP contribution in [0.4, 0.5) is 0 Å². The Balaban J connectivity index is 1.91. The van der Waals surface area contributed by atoms with Crippen LogP contribution in [0.5, 0.6) is 0 Å². The summed E-state index contributed by atoms with van der Waals surface area (Å²) in [5.74, 6) is 0.0620. The predicted molar refractivity (Wildman–Crippen MR) is 124 cm³/mol. The van der Waals surface area contributed by atoms with Crippen LogP contribution in [0, 0.1) is 0 Å². The lowest BCUT2D eigenvalue weighted by molar-refractivity contribution is -0.112. The molecular weight excluding hydrogens is 356 g/mol. The van der Waals surface area contributed by atoms with Gasteiger partial charge in [0.05, 0.1) is 5.52 Å². The summed E-state index contributed by atoms with van der Waals surface area (Å²) in [7, 11) is 0. The first-order chi connectivity index (χ1) is 13.9. The summed E-state index contributed by atoms with van der Waals surface area (Å²) in [5, 5.41) is 1.32. The van der Waals surface area contributed by atoms with Gasteiger partial charge in [-0.05, 0) is 76.4 Å². The van der Waals surface area contributed by atoms with Crippen molar-refractivity contribution in [1.82, 2.24) is 9.47 Å². The quantitative estimate of drug-likeness (QED) is 0.449. The highest BCUT2D eigenvalue weighted by atomic mass is 16.1. The molecule has 0 aliphatic carbocycles. The maximum atomic E-state index is 11.2. The molecule has 0 amide bonds. The highest BCUT2D eigenvalue weighted by Gasteiger charge is 2.15. The third-order valence-electron chi connectivity index (χ3n) is 5.44. The van der Waals surface area contributed by atoms with Gasteiger partial charge in [0.2, 0.25) is 0 Å². The summed E-state index contributed by atoms with van der Waals surface area (Å²) >= 11 is 0. The van der Waals surface area contributed by atoms with Crippen LogP contribution < -0.4 is 0 Å². The van der Waals surface area contributed by atoms with Gasteiger partial charge in [0.25, 0.3) is 0 Å². The Bertz CT molecular complexity index is 985. The van der Waals surface area contributed by atoms with E-state index in [1.807, 2.05) is 6.08 Å². The number of ketones is 1. The van der Waals surface area contributed by atoms with Crippen molar-refractivity contribution in [3.05, 3.63) is 71.9 Å². The minimum Gasteiger partial charge on any atom is -0.316 e. The minimum absolute atomic E-state index is 0.0620. The molecule has 0 fully saturated rings. The second-order valence-corrected chi connectivity index (χ2v) is 8.25. The molecule has 0 aliphatic heterocycles. The molecule has 3 nitrogen and oxygen atoms in total. The van der Waals surface area contributed by atoms with Crippen molar-refractivity contribution in [2.24, 2.45) is 0 Å². The molecule has 0 N–H and O–H groups in total. The Kier molecular flexibility index (Phi) is 6.71. The first-order valence-electron chi connectivity index (χ1n) is 10.5. The van der Waals surface area contributed by atoms with Gasteiger partial charge in [-0.15, -0.1) is 0 Å². The van der Waals surface area contributed by atoms with Gasteiger partial charge < -0.3 is 4.57 Å². The number of allylic oxidation sites excluding steroid dienone is 1. The number of benzene rings is 2. The molecule has 0 spiro atoms. The number of para-hydroxylation sites is 1. The average Bonchev–Trinajstić information content (AvgIpc) is 3.05. The zero-order valence-corrected chi connectivity index (χ0v) is 18.2. The van der Waals surface area contributed by atoms with E-state index in [0.717, 1.165) is 24.2 Å². The van der Waals surface area contributed by atoms with E-state index < -0.39 is 0 Å². The lowest BCUT2D eigenvalue weighted by atomic mass is 10.1. The molecule has 0 unspecified atom stereocenters. The molecule has 3 heteroatoms. The third-order valence-corrected chi connectivity index (χ3v) is 5.44. The molecular formula is C26H32N2O. The molecule has 1 aromatic heterocycles. The first kappa shape index (κ1) is 21.1. The van der Waals surface area contributed by atoms with Crippen LogP contribution in [0.2, 0.25) is 0 Å². The monoisotopic (exact) mass is 388 g/mol. The normalized spacial score (nSPS) is 12.1. The highest BCUT2D eigenvalue weighted by molar-refractivity contribution is 5.91. The number of hydrogen-bond donors (Lipinski definition) is 0. The summed E-state index contributed by atoms with van der Waals surface area (Å²) in [6.07, 6.45) is 6.78. The van der Waals surface area contributed by atoms with Gasteiger partial charge in [0.15, 0.2) is 5.78 Å². The van der Waals surface area contributed by atoms with Crippen molar-refractivity contribution in [2.45, 2.75) is 53.1 Å². The van der Waals surface area contributed by atoms with E-state index in [2.05, 4.69) is 91.9 Å². The van der Waals surface area contributed by atoms with Crippen LogP contribution >= 0.6 is 0 Å². The third kappa shape index (κ3) is 5.04. The number of aromatic nitrogens is 1. The van der Waals surface area contributed by atoms with Crippen molar-refractivity contribution in [3.63, 3.8) is 0 Å². The fourth-order valence-electron chi connectivity index (χ4n) is 3.98. The molecule has 0 bridgehead atoms. The fourth-order valence-corrected chi connectivity index (χ4v) is 3.98. The number of carbonyl (C=O) groups is 1. The molecule has 152 valence electrons. The highest BCUT2D eigenvalue weighted by Crippen LogP contribution is 2.26. The zero-order valence-electron chi connectivity index (χ0n) is 18.2. The van der Waals surface area contributed by atoms with Crippen LogP contribution in [0.1, 0.15) is 45.7 Å². The van der Waals surface area contributed by atoms with Crippen molar-refractivity contribution in [1.29, 1.82) is 0 Å². The molecule has 0 saturated heterocycles. The van der Waals surface area contributed by atoms with Gasteiger partial charge in [0.1, 0.15) is 0 Å². The van der Waals surface area contributed by atoms with E-state index in [9.17, 15) is 4.79 Å². The molecule has 1 heterocycles. The minimum atomic E-state index is 0.0620. The second-order valence-electron chi connectivity index (χ2n) is 8.25. The van der Waals surface area contributed by atoms with Gasteiger partial charge in [-0.25, -0.2) is 0 Å². The summed E-state index contributed by atoms with van der Waals surface area (Å²) < 4.78 is 2.28. The lowest BCUT2D eigenvalue weighted by Crippen LogP contribution is -2.38. The van der Waals surface area contributed by atoms with E-state index >= 15 is 0 Å². The van der Waals surface area contributed by atoms with Crippen LogP contribution in [0.25, 0.3) is 22.7 Å². The Morgan fingerprint density at radius 2 is 1.66 bits per heavy atom. The SMILES string of the molecule is CC(=O)/C=C/c1ccc(-n2cc(CCN(C(C)C)C(C)C)c3ccccc32)cc1. The van der Waals surface area contributed by atoms with Gasteiger partial charge in [0, 0.05) is 35.9 Å². The van der Waals surface area contributed by atoms with E-state index in [0.29, 0.717) is 12.1 Å². The van der Waals surface area contributed by atoms with Gasteiger partial charge >= 0.3 is 0 Å². The van der Waals surface area contributed by atoms with E-state index in [1.54, 1.807) is 13.0 Å². The van der Waals surface area contributed by atoms with E-state index in [1.165, 1.54) is 16.5 Å². The standard InChI is InChI=1S/C26H32N2O/c1-19(2)27(20(3)4)17-16-23-18-28(26-9-7-6-8-25(23)26)24-14-12-22(13-15-24)11-10-21(5)29/h6-15,18-20H,16-17H2,1-5H3/b11-10+. The van der Waals surface area contributed by atoms with Crippen LogP contribution in [-0.4, -0.2) is 33.9 Å². The molecule has 0 atom stereocenters. The molecule has 3 rings (SSSR count). The maximum Gasteiger partial charge on any atom is 0.152 e. The first-order valence-corrected chi connectivity index (χ1v) is 10.5. The van der Waals surface area contributed by atoms with Crippen LogP contribution in [0.3, 0.4) is 0 Å². The summed E-state index contributed by atoms with van der Waals surface area (Å²) in [4.78, 5) is 13.7. The fraction of sp³-hybridized carbons (Fsp3) is 0.346. The Morgan fingerprint density at radius 1 is 1.00 bits per heavy atom. The molecule has 29 heavy (non-hydrogen) atoms. The topological polar surface area (TPSA) is 25.2 Å². The number of nitrogens with zero attached hydrogens (tertiary/aromatic N) is 2. The summed E-state index contributed by atoms with van der Waals surface area (Å²) in [6, 6.07) is 18.1. The van der Waals surface area contributed by atoms with Crippen molar-refractivity contribution in [2.75, 3.05) is 6.54 Å². The predicted octanol–water partition coefficient (Wildman–Crippen LogP) is 5.89. The number of hydrogen-bond acceptors (Lipinski definition) is 2.